The molecule has 3 fully saturated rings. The molecule has 1 saturated carbocycles. The number of amides is 3. The summed E-state index contributed by atoms with van der Waals surface area (Å²) in [4.78, 5) is 47.7. The zero-order chi connectivity index (χ0) is 36.2. The van der Waals surface area contributed by atoms with Crippen LogP contribution in [0.5, 0.6) is 5.75 Å². The number of sulfone groups is 1. The van der Waals surface area contributed by atoms with Gasteiger partial charge in [-0.25, -0.2) is 13.2 Å². The van der Waals surface area contributed by atoms with Crippen molar-refractivity contribution >= 4 is 55.3 Å². The molecule has 2 aromatic rings. The fourth-order valence-corrected chi connectivity index (χ4v) is 8.22. The third-order valence-electron chi connectivity index (χ3n) is 8.40. The summed E-state index contributed by atoms with van der Waals surface area (Å²) in [5.74, 6) is -1.70. The Balaban J connectivity index is 1.48. The van der Waals surface area contributed by atoms with Gasteiger partial charge in [-0.05, 0) is 80.2 Å². The molecule has 1 aliphatic carbocycles. The fourth-order valence-electron chi connectivity index (χ4n) is 5.75. The average molecular weight is 791 g/mol. The lowest BCUT2D eigenvalue weighted by atomic mass is 9.75. The first-order chi connectivity index (χ1) is 22.7. The normalized spacial score (nSPS) is 21.3. The standard InChI is InChI=1S/C31H32BrClF3N5O7S/c1-28(2,3)48-27(44)40-15-30(16-40,24-7-4-18(32)12-38-24)26(43)41-13-20(11-22(41)25(42)39-29(14-37)8-9-29)49(45,46)23-6-5-19(10-21(23)33)47-17-31(34,35)36/h4-7,10,12,20,22H,8-9,11,13,15-17H2,1-3H3,(H,39,42)/t20?,22-/m0/s1. The second kappa shape index (κ2) is 12.9. The van der Waals surface area contributed by atoms with Crippen molar-refractivity contribution in [3.05, 3.63) is 51.7 Å². The van der Waals surface area contributed by atoms with E-state index in [1.807, 2.05) is 6.07 Å². The number of ether oxygens (including phenoxy) is 2. The van der Waals surface area contributed by atoms with E-state index < -0.39 is 84.8 Å². The number of likely N-dealkylation sites (tertiary alicyclic amines) is 2. The quantitative estimate of drug-likeness (QED) is 0.405. The summed E-state index contributed by atoms with van der Waals surface area (Å²) in [5.41, 5.74) is -3.15. The summed E-state index contributed by atoms with van der Waals surface area (Å²) < 4.78 is 76.7. The smallest absolute Gasteiger partial charge is 0.422 e. The topological polar surface area (TPSA) is 159 Å². The lowest BCUT2D eigenvalue weighted by molar-refractivity contribution is -0.153. The van der Waals surface area contributed by atoms with Crippen LogP contribution in [0.25, 0.3) is 0 Å². The molecule has 1 aromatic heterocycles. The Morgan fingerprint density at radius 2 is 1.84 bits per heavy atom. The summed E-state index contributed by atoms with van der Waals surface area (Å²) in [6, 6.07) is 6.94. The number of halogens is 5. The monoisotopic (exact) mass is 789 g/mol. The third kappa shape index (κ3) is 7.76. The van der Waals surface area contributed by atoms with E-state index in [4.69, 9.17) is 16.3 Å². The first-order valence-electron chi connectivity index (χ1n) is 15.1. The predicted octanol–water partition coefficient (Wildman–Crippen LogP) is 4.54. The molecule has 0 radical (unpaired) electrons. The molecule has 0 spiro atoms. The van der Waals surface area contributed by atoms with E-state index in [0.29, 0.717) is 17.3 Å². The van der Waals surface area contributed by atoms with Crippen molar-refractivity contribution in [2.45, 2.75) is 79.0 Å². The van der Waals surface area contributed by atoms with Gasteiger partial charge >= 0.3 is 12.3 Å². The van der Waals surface area contributed by atoms with Crippen molar-refractivity contribution in [1.29, 1.82) is 5.26 Å². The molecule has 1 unspecified atom stereocenters. The Bertz CT molecular complexity index is 1800. The molecule has 18 heteroatoms. The molecule has 2 saturated heterocycles. The SMILES string of the molecule is CC(C)(C)OC(=O)N1CC(C(=O)N2CC(S(=O)(=O)c3ccc(OCC(F)(F)F)cc3Cl)C[C@H]2C(=O)NC2(C#N)CC2)(c2ccc(Br)cn2)C1. The van der Waals surface area contributed by atoms with Crippen LogP contribution in [-0.4, -0.2) is 96.0 Å². The van der Waals surface area contributed by atoms with Crippen molar-refractivity contribution in [2.24, 2.45) is 0 Å². The van der Waals surface area contributed by atoms with Crippen LogP contribution in [0.1, 0.15) is 45.7 Å². The van der Waals surface area contributed by atoms with Crippen molar-refractivity contribution in [2.75, 3.05) is 26.2 Å². The minimum Gasteiger partial charge on any atom is -0.484 e. The van der Waals surface area contributed by atoms with E-state index in [2.05, 4.69) is 31.0 Å². The molecule has 49 heavy (non-hydrogen) atoms. The minimum absolute atomic E-state index is 0.176. The van der Waals surface area contributed by atoms with Crippen LogP contribution in [0.15, 0.2) is 45.9 Å². The molecule has 12 nitrogen and oxygen atoms in total. The van der Waals surface area contributed by atoms with Crippen LogP contribution in [0.4, 0.5) is 18.0 Å². The Hall–Kier alpha value is -3.62. The number of hydrogen-bond donors (Lipinski definition) is 1. The van der Waals surface area contributed by atoms with Gasteiger partial charge in [-0.15, -0.1) is 0 Å². The lowest BCUT2D eigenvalue weighted by Crippen LogP contribution is -2.69. The van der Waals surface area contributed by atoms with Crippen LogP contribution in [0.2, 0.25) is 5.02 Å². The molecule has 3 amide bonds. The summed E-state index contributed by atoms with van der Waals surface area (Å²) in [6.07, 6.45) is -3.45. The molecule has 5 rings (SSSR count). The fraction of sp³-hybridized carbons (Fsp3) is 0.516. The van der Waals surface area contributed by atoms with Crippen LogP contribution < -0.4 is 10.1 Å². The van der Waals surface area contributed by atoms with Gasteiger partial charge in [0.2, 0.25) is 11.8 Å². The second-order valence-corrected chi connectivity index (χ2v) is 16.9. The largest absolute Gasteiger partial charge is 0.484 e. The average Bonchev–Trinajstić information content (AvgIpc) is 3.59. The highest BCUT2D eigenvalue weighted by atomic mass is 79.9. The first-order valence-corrected chi connectivity index (χ1v) is 17.8. The molecule has 2 aliphatic heterocycles. The highest BCUT2D eigenvalue weighted by molar-refractivity contribution is 9.10. The highest BCUT2D eigenvalue weighted by Crippen LogP contribution is 2.42. The van der Waals surface area contributed by atoms with Gasteiger partial charge in [0, 0.05) is 36.4 Å². The van der Waals surface area contributed by atoms with Gasteiger partial charge in [-0.1, -0.05) is 11.6 Å². The zero-order valence-corrected chi connectivity index (χ0v) is 29.7. The maximum atomic E-state index is 14.6. The summed E-state index contributed by atoms with van der Waals surface area (Å²) >= 11 is 9.56. The number of pyridine rings is 1. The van der Waals surface area contributed by atoms with Gasteiger partial charge in [-0.3, -0.25) is 14.6 Å². The Kier molecular flexibility index (Phi) is 9.67. The molecular weight excluding hydrogens is 759 g/mol. The molecule has 0 bridgehead atoms. The number of hydrogen-bond acceptors (Lipinski definition) is 9. The molecule has 3 aliphatic rings. The Morgan fingerprint density at radius 1 is 1.16 bits per heavy atom. The summed E-state index contributed by atoms with van der Waals surface area (Å²) in [6.45, 7) is 2.64. The minimum atomic E-state index is -4.63. The van der Waals surface area contributed by atoms with Crippen molar-refractivity contribution in [3.8, 4) is 11.8 Å². The summed E-state index contributed by atoms with van der Waals surface area (Å²) in [7, 11) is -4.40. The second-order valence-electron chi connectivity index (χ2n) is 13.3. The van der Waals surface area contributed by atoms with Gasteiger partial charge in [0.25, 0.3) is 0 Å². The molecule has 2 atom stereocenters. The number of carbonyl (C=O) groups is 3. The van der Waals surface area contributed by atoms with Crippen molar-refractivity contribution in [1.82, 2.24) is 20.1 Å². The van der Waals surface area contributed by atoms with E-state index in [0.717, 1.165) is 23.1 Å². The number of benzene rings is 1. The zero-order valence-electron chi connectivity index (χ0n) is 26.5. The third-order valence-corrected chi connectivity index (χ3v) is 11.5. The molecule has 3 heterocycles. The number of nitrogens with one attached hydrogen (secondary N) is 1. The van der Waals surface area contributed by atoms with Crippen molar-refractivity contribution < 1.29 is 45.4 Å². The van der Waals surface area contributed by atoms with E-state index in [9.17, 15) is 41.2 Å². The number of carbonyl (C=O) groups excluding carboxylic acids is 3. The number of alkyl halides is 3. The van der Waals surface area contributed by atoms with Gasteiger partial charge in [0.05, 0.1) is 26.9 Å². The molecular formula is C31H32BrClF3N5O7S. The maximum Gasteiger partial charge on any atom is 0.422 e. The number of rotatable bonds is 8. The van der Waals surface area contributed by atoms with Crippen LogP contribution >= 0.6 is 27.5 Å². The summed E-state index contributed by atoms with van der Waals surface area (Å²) in [5, 5.41) is 10.5. The highest BCUT2D eigenvalue weighted by Gasteiger charge is 2.59. The maximum absolute atomic E-state index is 14.6. The van der Waals surface area contributed by atoms with Crippen LogP contribution in [0.3, 0.4) is 0 Å². The van der Waals surface area contributed by atoms with Crippen LogP contribution in [0, 0.1) is 11.3 Å². The van der Waals surface area contributed by atoms with Gasteiger partial charge in [-0.2, -0.15) is 18.4 Å². The van der Waals surface area contributed by atoms with E-state index >= 15 is 0 Å². The van der Waals surface area contributed by atoms with Gasteiger partial charge in [0.1, 0.15) is 28.3 Å². The van der Waals surface area contributed by atoms with E-state index in [1.54, 1.807) is 32.9 Å². The molecule has 1 aromatic carbocycles. The van der Waals surface area contributed by atoms with Crippen molar-refractivity contribution in [3.63, 3.8) is 0 Å². The van der Waals surface area contributed by atoms with Gasteiger partial charge < -0.3 is 24.6 Å². The van der Waals surface area contributed by atoms with E-state index in [-0.39, 0.29) is 31.0 Å². The lowest BCUT2D eigenvalue weighted by Gasteiger charge is -2.49. The predicted molar refractivity (Wildman–Crippen MR) is 171 cm³/mol. The first kappa shape index (κ1) is 36.7. The molecule has 264 valence electrons. The van der Waals surface area contributed by atoms with E-state index in [1.165, 1.54) is 11.1 Å². The van der Waals surface area contributed by atoms with Gasteiger partial charge in [0.15, 0.2) is 16.4 Å². The number of nitriles is 1. The Labute approximate surface area is 293 Å². The number of aromatic nitrogens is 1. The number of nitrogens with zero attached hydrogens (tertiary/aromatic N) is 4. The van der Waals surface area contributed by atoms with Crippen LogP contribution in [-0.2, 0) is 29.6 Å². The molecule has 1 N–H and O–H groups in total. The Morgan fingerprint density at radius 3 is 2.37 bits per heavy atom.